The lowest BCUT2D eigenvalue weighted by atomic mass is 10.2. The highest BCUT2D eigenvalue weighted by Crippen LogP contribution is 2.27. The van der Waals surface area contributed by atoms with Crippen molar-refractivity contribution in [3.05, 3.63) is 30.3 Å². The molecule has 1 unspecified atom stereocenters. The molecule has 0 saturated carbocycles. The van der Waals surface area contributed by atoms with Crippen LogP contribution in [0.2, 0.25) is 0 Å². The summed E-state index contributed by atoms with van der Waals surface area (Å²) >= 11 is 7.12. The number of thioether (sulfide) groups is 1. The molecule has 1 aromatic carbocycles. The van der Waals surface area contributed by atoms with E-state index in [-0.39, 0.29) is 10.5 Å². The molecule has 0 fully saturated rings. The Morgan fingerprint density at radius 2 is 2.07 bits per heavy atom. The zero-order chi connectivity index (χ0) is 11.1. The van der Waals surface area contributed by atoms with Crippen molar-refractivity contribution in [2.24, 2.45) is 0 Å². The molecule has 0 heterocycles. The minimum absolute atomic E-state index is 0.103. The average molecular weight is 243 g/mol. The van der Waals surface area contributed by atoms with Gasteiger partial charge in [-0.15, -0.1) is 11.8 Å². The van der Waals surface area contributed by atoms with Crippen LogP contribution in [0.4, 0.5) is 0 Å². The Balaban J connectivity index is 2.55. The highest BCUT2D eigenvalue weighted by atomic mass is 35.5. The van der Waals surface area contributed by atoms with Crippen LogP contribution in [0.3, 0.4) is 0 Å². The van der Waals surface area contributed by atoms with Gasteiger partial charge in [-0.3, -0.25) is 4.79 Å². The van der Waals surface area contributed by atoms with Gasteiger partial charge in [0.15, 0.2) is 0 Å². The SMILES string of the molecule is CCCCC(Sc1ccccc1)C(=O)Cl. The Morgan fingerprint density at radius 3 is 2.60 bits per heavy atom. The molecule has 1 atom stereocenters. The highest BCUT2D eigenvalue weighted by molar-refractivity contribution is 8.00. The molecule has 0 aliphatic rings. The van der Waals surface area contributed by atoms with E-state index in [0.29, 0.717) is 0 Å². The zero-order valence-electron chi connectivity index (χ0n) is 8.78. The van der Waals surface area contributed by atoms with E-state index in [1.165, 1.54) is 0 Å². The second kappa shape index (κ2) is 6.91. The van der Waals surface area contributed by atoms with E-state index in [1.807, 2.05) is 30.3 Å². The van der Waals surface area contributed by atoms with Crippen molar-refractivity contribution in [2.75, 3.05) is 0 Å². The van der Waals surface area contributed by atoms with Gasteiger partial charge in [-0.1, -0.05) is 38.0 Å². The maximum absolute atomic E-state index is 11.2. The summed E-state index contributed by atoms with van der Waals surface area (Å²) in [5.41, 5.74) is 0. The number of unbranched alkanes of at least 4 members (excludes halogenated alkanes) is 1. The Kier molecular flexibility index (Phi) is 5.81. The number of benzene rings is 1. The normalized spacial score (nSPS) is 12.4. The molecule has 0 radical (unpaired) electrons. The molecule has 1 aromatic rings. The van der Waals surface area contributed by atoms with Crippen molar-refractivity contribution in [2.45, 2.75) is 36.3 Å². The smallest absolute Gasteiger partial charge is 0.235 e. The molecule has 0 bridgehead atoms. The van der Waals surface area contributed by atoms with Crippen molar-refractivity contribution in [3.8, 4) is 0 Å². The predicted octanol–water partition coefficient (Wildman–Crippen LogP) is 4.10. The third-order valence-electron chi connectivity index (χ3n) is 2.09. The van der Waals surface area contributed by atoms with Crippen LogP contribution in [0.15, 0.2) is 35.2 Å². The number of rotatable bonds is 6. The number of carbonyl (C=O) groups excluding carboxylic acids is 1. The van der Waals surface area contributed by atoms with Crippen LogP contribution < -0.4 is 0 Å². The summed E-state index contributed by atoms with van der Waals surface area (Å²) in [4.78, 5) is 12.3. The third-order valence-corrected chi connectivity index (χ3v) is 3.77. The molecule has 82 valence electrons. The molecule has 0 amide bonds. The van der Waals surface area contributed by atoms with Crippen molar-refractivity contribution < 1.29 is 4.79 Å². The van der Waals surface area contributed by atoms with Crippen LogP contribution in [-0.2, 0) is 4.79 Å². The Bertz CT molecular complexity index is 300. The topological polar surface area (TPSA) is 17.1 Å². The second-order valence-corrected chi connectivity index (χ2v) is 5.01. The monoisotopic (exact) mass is 242 g/mol. The van der Waals surface area contributed by atoms with E-state index in [1.54, 1.807) is 11.8 Å². The van der Waals surface area contributed by atoms with Crippen LogP contribution in [0, 0.1) is 0 Å². The van der Waals surface area contributed by atoms with Crippen LogP contribution in [0.5, 0.6) is 0 Å². The molecule has 0 saturated heterocycles. The number of hydrogen-bond donors (Lipinski definition) is 0. The van der Waals surface area contributed by atoms with E-state index in [4.69, 9.17) is 11.6 Å². The first-order valence-electron chi connectivity index (χ1n) is 5.15. The number of carbonyl (C=O) groups is 1. The predicted molar refractivity (Wildman–Crippen MR) is 66.5 cm³/mol. The molecule has 0 N–H and O–H groups in total. The molecule has 0 aliphatic heterocycles. The average Bonchev–Trinajstić information content (AvgIpc) is 2.25. The van der Waals surface area contributed by atoms with Gasteiger partial charge < -0.3 is 0 Å². The summed E-state index contributed by atoms with van der Waals surface area (Å²) in [5.74, 6) is 0. The lowest BCUT2D eigenvalue weighted by molar-refractivity contribution is -0.111. The van der Waals surface area contributed by atoms with Gasteiger partial charge in [-0.25, -0.2) is 0 Å². The molecule has 3 heteroatoms. The summed E-state index contributed by atoms with van der Waals surface area (Å²) in [6.45, 7) is 2.11. The second-order valence-electron chi connectivity index (χ2n) is 3.37. The molecule has 0 aliphatic carbocycles. The van der Waals surface area contributed by atoms with Gasteiger partial charge in [0.05, 0.1) is 5.25 Å². The number of hydrogen-bond acceptors (Lipinski definition) is 2. The summed E-state index contributed by atoms with van der Waals surface area (Å²) in [7, 11) is 0. The van der Waals surface area contributed by atoms with Gasteiger partial charge in [0.25, 0.3) is 0 Å². The summed E-state index contributed by atoms with van der Waals surface area (Å²) in [5, 5.41) is -0.341. The summed E-state index contributed by atoms with van der Waals surface area (Å²) in [6.07, 6.45) is 3.00. The van der Waals surface area contributed by atoms with E-state index < -0.39 is 0 Å². The third kappa shape index (κ3) is 4.72. The van der Waals surface area contributed by atoms with Crippen LogP contribution >= 0.6 is 23.4 Å². The van der Waals surface area contributed by atoms with Crippen LogP contribution in [0.25, 0.3) is 0 Å². The number of halogens is 1. The summed E-state index contributed by atoms with van der Waals surface area (Å²) in [6, 6.07) is 9.91. The van der Waals surface area contributed by atoms with E-state index >= 15 is 0 Å². The van der Waals surface area contributed by atoms with Gasteiger partial charge >= 0.3 is 0 Å². The quantitative estimate of drug-likeness (QED) is 0.552. The minimum atomic E-state index is -0.239. The van der Waals surface area contributed by atoms with Gasteiger partial charge in [0, 0.05) is 4.90 Å². The fraction of sp³-hybridized carbons (Fsp3) is 0.417. The van der Waals surface area contributed by atoms with Crippen LogP contribution in [-0.4, -0.2) is 10.5 Å². The Hall–Kier alpha value is -0.470. The van der Waals surface area contributed by atoms with E-state index in [2.05, 4.69) is 6.92 Å². The van der Waals surface area contributed by atoms with Crippen molar-refractivity contribution in [3.63, 3.8) is 0 Å². The molecule has 1 rings (SSSR count). The zero-order valence-corrected chi connectivity index (χ0v) is 10.4. The summed E-state index contributed by atoms with van der Waals surface area (Å²) < 4.78 is 0. The lowest BCUT2D eigenvalue weighted by Crippen LogP contribution is -2.10. The van der Waals surface area contributed by atoms with Crippen molar-refractivity contribution >= 4 is 28.6 Å². The molecule has 1 nitrogen and oxygen atoms in total. The molecular formula is C12H15ClOS. The van der Waals surface area contributed by atoms with Crippen molar-refractivity contribution in [1.82, 2.24) is 0 Å². The molecule has 0 aromatic heterocycles. The van der Waals surface area contributed by atoms with Gasteiger partial charge in [-0.2, -0.15) is 0 Å². The van der Waals surface area contributed by atoms with Crippen molar-refractivity contribution in [1.29, 1.82) is 0 Å². The first kappa shape index (κ1) is 12.6. The molecule has 15 heavy (non-hydrogen) atoms. The fourth-order valence-corrected chi connectivity index (χ4v) is 2.53. The van der Waals surface area contributed by atoms with Gasteiger partial charge in [0.2, 0.25) is 5.24 Å². The Morgan fingerprint density at radius 1 is 1.40 bits per heavy atom. The first-order valence-corrected chi connectivity index (χ1v) is 6.41. The first-order chi connectivity index (χ1) is 7.24. The van der Waals surface area contributed by atoms with Crippen LogP contribution in [0.1, 0.15) is 26.2 Å². The largest absolute Gasteiger partial charge is 0.280 e. The van der Waals surface area contributed by atoms with Gasteiger partial charge in [0.1, 0.15) is 0 Å². The lowest BCUT2D eigenvalue weighted by Gasteiger charge is -2.11. The standard InChI is InChI=1S/C12H15ClOS/c1-2-3-9-11(12(13)14)15-10-7-5-4-6-8-10/h4-8,11H,2-3,9H2,1H3. The van der Waals surface area contributed by atoms with E-state index in [9.17, 15) is 4.79 Å². The Labute approximate surface area is 100 Å². The fourth-order valence-electron chi connectivity index (χ4n) is 1.27. The molecular weight excluding hydrogens is 228 g/mol. The maximum Gasteiger partial charge on any atom is 0.235 e. The minimum Gasteiger partial charge on any atom is -0.280 e. The molecule has 0 spiro atoms. The highest BCUT2D eigenvalue weighted by Gasteiger charge is 2.16. The van der Waals surface area contributed by atoms with Gasteiger partial charge in [-0.05, 0) is 30.2 Å². The van der Waals surface area contributed by atoms with E-state index in [0.717, 1.165) is 24.2 Å². The maximum atomic E-state index is 11.2.